The van der Waals surface area contributed by atoms with Gasteiger partial charge in [0.15, 0.2) is 0 Å². The lowest BCUT2D eigenvalue weighted by Gasteiger charge is -2.11. The van der Waals surface area contributed by atoms with E-state index in [1.54, 1.807) is 0 Å². The molecule has 2 N–H and O–H groups in total. The molecule has 0 saturated carbocycles. The number of nitrogens with two attached hydrogens (primary N) is 1. The van der Waals surface area contributed by atoms with Crippen molar-refractivity contribution >= 4 is 22.6 Å². The van der Waals surface area contributed by atoms with Crippen molar-refractivity contribution in [2.24, 2.45) is 5.73 Å². The SMILES string of the molecule is C[C@H](N)c1ccccc1-n1cc(I)cn1. The Labute approximate surface area is 102 Å². The minimum Gasteiger partial charge on any atom is -0.324 e. The Kier molecular flexibility index (Phi) is 3.06. The average molecular weight is 313 g/mol. The smallest absolute Gasteiger partial charge is 0.0693 e. The van der Waals surface area contributed by atoms with Crippen LogP contribution in [0, 0.1) is 3.57 Å². The lowest BCUT2D eigenvalue weighted by Crippen LogP contribution is -2.09. The summed E-state index contributed by atoms with van der Waals surface area (Å²) < 4.78 is 2.98. The maximum Gasteiger partial charge on any atom is 0.0693 e. The van der Waals surface area contributed by atoms with Crippen LogP contribution in [0.25, 0.3) is 5.69 Å². The highest BCUT2D eigenvalue weighted by Crippen LogP contribution is 2.19. The van der Waals surface area contributed by atoms with E-state index in [4.69, 9.17) is 5.73 Å². The van der Waals surface area contributed by atoms with Crippen molar-refractivity contribution in [3.8, 4) is 5.69 Å². The van der Waals surface area contributed by atoms with Gasteiger partial charge >= 0.3 is 0 Å². The predicted molar refractivity (Wildman–Crippen MR) is 68.9 cm³/mol. The monoisotopic (exact) mass is 313 g/mol. The second-order valence-corrected chi connectivity index (χ2v) is 4.70. The van der Waals surface area contributed by atoms with E-state index in [-0.39, 0.29) is 6.04 Å². The largest absolute Gasteiger partial charge is 0.324 e. The molecule has 0 radical (unpaired) electrons. The normalized spacial score (nSPS) is 12.7. The highest BCUT2D eigenvalue weighted by Gasteiger charge is 2.08. The van der Waals surface area contributed by atoms with Crippen LogP contribution in [0.1, 0.15) is 18.5 Å². The van der Waals surface area contributed by atoms with E-state index in [2.05, 4.69) is 27.7 Å². The van der Waals surface area contributed by atoms with E-state index in [1.807, 2.05) is 48.3 Å². The summed E-state index contributed by atoms with van der Waals surface area (Å²) in [4.78, 5) is 0. The Bertz CT molecular complexity index is 462. The molecule has 0 fully saturated rings. The molecule has 0 saturated heterocycles. The first-order valence-corrected chi connectivity index (χ1v) is 5.81. The van der Waals surface area contributed by atoms with Gasteiger partial charge in [0.05, 0.1) is 15.5 Å². The summed E-state index contributed by atoms with van der Waals surface area (Å²) in [7, 11) is 0. The first-order valence-electron chi connectivity index (χ1n) is 4.73. The van der Waals surface area contributed by atoms with Gasteiger partial charge in [-0.15, -0.1) is 0 Å². The third kappa shape index (κ3) is 2.21. The maximum atomic E-state index is 5.92. The molecule has 0 aliphatic carbocycles. The molecule has 0 aliphatic heterocycles. The summed E-state index contributed by atoms with van der Waals surface area (Å²) in [5, 5.41) is 4.28. The van der Waals surface area contributed by atoms with E-state index in [0.717, 1.165) is 14.8 Å². The quantitative estimate of drug-likeness (QED) is 0.866. The van der Waals surface area contributed by atoms with Crippen molar-refractivity contribution in [1.29, 1.82) is 0 Å². The predicted octanol–water partition coefficient (Wildman–Crippen LogP) is 2.50. The molecule has 15 heavy (non-hydrogen) atoms. The molecular weight excluding hydrogens is 301 g/mol. The van der Waals surface area contributed by atoms with Gasteiger partial charge in [-0.05, 0) is 41.1 Å². The van der Waals surface area contributed by atoms with Crippen LogP contribution in [0.5, 0.6) is 0 Å². The zero-order chi connectivity index (χ0) is 10.8. The fourth-order valence-corrected chi connectivity index (χ4v) is 1.90. The molecule has 0 amide bonds. The molecule has 2 rings (SSSR count). The molecule has 0 aliphatic rings. The fraction of sp³-hybridized carbons (Fsp3) is 0.182. The Morgan fingerprint density at radius 3 is 2.73 bits per heavy atom. The summed E-state index contributed by atoms with van der Waals surface area (Å²) in [6, 6.07) is 8.07. The molecule has 0 unspecified atom stereocenters. The third-order valence-corrected chi connectivity index (χ3v) is 2.78. The Balaban J connectivity index is 2.52. The number of hydrogen-bond acceptors (Lipinski definition) is 2. The van der Waals surface area contributed by atoms with E-state index in [1.165, 1.54) is 0 Å². The van der Waals surface area contributed by atoms with E-state index >= 15 is 0 Å². The Morgan fingerprint density at radius 1 is 1.40 bits per heavy atom. The molecule has 1 heterocycles. The maximum absolute atomic E-state index is 5.92. The zero-order valence-electron chi connectivity index (χ0n) is 8.39. The van der Waals surface area contributed by atoms with Crippen molar-refractivity contribution in [2.45, 2.75) is 13.0 Å². The van der Waals surface area contributed by atoms with Crippen molar-refractivity contribution in [2.75, 3.05) is 0 Å². The minimum atomic E-state index is 0.0167. The molecule has 4 heteroatoms. The number of para-hydroxylation sites is 1. The second kappa shape index (κ2) is 4.32. The first kappa shape index (κ1) is 10.6. The Hall–Kier alpha value is -0.880. The molecule has 1 aromatic heterocycles. The molecule has 2 aromatic rings. The molecule has 1 aromatic carbocycles. The highest BCUT2D eigenvalue weighted by atomic mass is 127. The number of halogens is 1. The average Bonchev–Trinajstić information content (AvgIpc) is 2.65. The van der Waals surface area contributed by atoms with Gasteiger partial charge in [-0.25, -0.2) is 4.68 Å². The second-order valence-electron chi connectivity index (χ2n) is 3.45. The summed E-state index contributed by atoms with van der Waals surface area (Å²) in [6.45, 7) is 1.98. The van der Waals surface area contributed by atoms with Crippen molar-refractivity contribution < 1.29 is 0 Å². The summed E-state index contributed by atoms with van der Waals surface area (Å²) in [6.07, 6.45) is 3.82. The van der Waals surface area contributed by atoms with E-state index in [9.17, 15) is 0 Å². The number of nitrogens with zero attached hydrogens (tertiary/aromatic N) is 2. The van der Waals surface area contributed by atoms with Gasteiger partial charge in [0, 0.05) is 12.2 Å². The van der Waals surface area contributed by atoms with Gasteiger partial charge in [0.1, 0.15) is 0 Å². The van der Waals surface area contributed by atoms with Crippen LogP contribution in [-0.2, 0) is 0 Å². The third-order valence-electron chi connectivity index (χ3n) is 2.23. The molecule has 0 spiro atoms. The van der Waals surface area contributed by atoms with Gasteiger partial charge < -0.3 is 5.73 Å². The van der Waals surface area contributed by atoms with Gasteiger partial charge in [-0.3, -0.25) is 0 Å². The number of rotatable bonds is 2. The fourth-order valence-electron chi connectivity index (χ4n) is 1.51. The standard InChI is InChI=1S/C11H12IN3/c1-8(13)10-4-2-3-5-11(10)15-7-9(12)6-14-15/h2-8H,13H2,1H3/t8-/m0/s1. The lowest BCUT2D eigenvalue weighted by molar-refractivity contribution is 0.781. The highest BCUT2D eigenvalue weighted by molar-refractivity contribution is 14.1. The van der Waals surface area contributed by atoms with Crippen LogP contribution in [0.15, 0.2) is 36.7 Å². The first-order chi connectivity index (χ1) is 7.18. The molecule has 1 atom stereocenters. The lowest BCUT2D eigenvalue weighted by atomic mass is 10.1. The van der Waals surface area contributed by atoms with Crippen molar-refractivity contribution in [3.63, 3.8) is 0 Å². The molecular formula is C11H12IN3. The molecule has 0 bridgehead atoms. The van der Waals surface area contributed by atoms with Crippen LogP contribution in [0.3, 0.4) is 0 Å². The van der Waals surface area contributed by atoms with Crippen LogP contribution < -0.4 is 5.73 Å². The van der Waals surface area contributed by atoms with Crippen LogP contribution in [-0.4, -0.2) is 9.78 Å². The number of benzene rings is 1. The number of hydrogen-bond donors (Lipinski definition) is 1. The van der Waals surface area contributed by atoms with Gasteiger partial charge in [-0.2, -0.15) is 5.10 Å². The van der Waals surface area contributed by atoms with E-state index in [0.29, 0.717) is 0 Å². The summed E-state index contributed by atoms with van der Waals surface area (Å²) >= 11 is 2.24. The van der Waals surface area contributed by atoms with Gasteiger partial charge in [0.2, 0.25) is 0 Å². The molecule has 3 nitrogen and oxygen atoms in total. The summed E-state index contributed by atoms with van der Waals surface area (Å²) in [5.41, 5.74) is 8.08. The zero-order valence-corrected chi connectivity index (χ0v) is 10.5. The van der Waals surface area contributed by atoms with Crippen LogP contribution >= 0.6 is 22.6 Å². The van der Waals surface area contributed by atoms with Gasteiger partial charge in [-0.1, -0.05) is 18.2 Å². The van der Waals surface area contributed by atoms with Crippen LogP contribution in [0.2, 0.25) is 0 Å². The van der Waals surface area contributed by atoms with Crippen LogP contribution in [0.4, 0.5) is 0 Å². The van der Waals surface area contributed by atoms with Crippen molar-refractivity contribution in [1.82, 2.24) is 9.78 Å². The number of aromatic nitrogens is 2. The molecule has 78 valence electrons. The Morgan fingerprint density at radius 2 is 2.13 bits per heavy atom. The van der Waals surface area contributed by atoms with Gasteiger partial charge in [0.25, 0.3) is 0 Å². The summed E-state index contributed by atoms with van der Waals surface area (Å²) in [5.74, 6) is 0. The minimum absolute atomic E-state index is 0.0167. The van der Waals surface area contributed by atoms with E-state index < -0.39 is 0 Å². The topological polar surface area (TPSA) is 43.8 Å². The van der Waals surface area contributed by atoms with Crippen molar-refractivity contribution in [3.05, 3.63) is 45.8 Å².